The summed E-state index contributed by atoms with van der Waals surface area (Å²) in [6, 6.07) is 4.02. The van der Waals surface area contributed by atoms with Crippen molar-refractivity contribution in [3.05, 3.63) is 35.4 Å². The van der Waals surface area contributed by atoms with Crippen LogP contribution in [0.4, 0.5) is 9.59 Å². The molecule has 0 fully saturated rings. The standard InChI is InChI=1S/C19H21N3O6/c1-22-8-7-19-6-5-12(20-21-17(23)28-18(24)25)9-14(19)27-16-13(26-2)4-3-11(10-22)15(16)19/h3-6,14H,7-10H2,1-2H3,(H,21,23)(H,24,25). The largest absolute Gasteiger partial charge is 0.514 e. The van der Waals surface area contributed by atoms with Gasteiger partial charge >= 0.3 is 12.2 Å². The van der Waals surface area contributed by atoms with Gasteiger partial charge in [-0.05, 0) is 37.7 Å². The molecule has 4 rings (SSSR count). The third kappa shape index (κ3) is 2.97. The number of hydrogen-bond acceptors (Lipinski definition) is 7. The highest BCUT2D eigenvalue weighted by Crippen LogP contribution is 2.55. The molecule has 1 aromatic carbocycles. The van der Waals surface area contributed by atoms with E-state index in [0.29, 0.717) is 17.9 Å². The van der Waals surface area contributed by atoms with Crippen LogP contribution in [0.5, 0.6) is 11.5 Å². The fourth-order valence-corrected chi connectivity index (χ4v) is 4.27. The highest BCUT2D eigenvalue weighted by Gasteiger charge is 2.52. The Balaban J connectivity index is 1.68. The molecule has 1 aliphatic carbocycles. The zero-order valence-corrected chi connectivity index (χ0v) is 15.6. The Bertz CT molecular complexity index is 896. The quantitative estimate of drug-likeness (QED) is 0.455. The van der Waals surface area contributed by atoms with Gasteiger partial charge in [-0.1, -0.05) is 12.1 Å². The van der Waals surface area contributed by atoms with E-state index in [9.17, 15) is 9.59 Å². The summed E-state index contributed by atoms with van der Waals surface area (Å²) in [4.78, 5) is 24.0. The number of carboxylic acid groups (broad SMARTS) is 1. The maximum Gasteiger partial charge on any atom is 0.514 e. The number of carbonyl (C=O) groups is 2. The minimum atomic E-state index is -1.69. The Hall–Kier alpha value is -3.07. The molecule has 2 N–H and O–H groups in total. The van der Waals surface area contributed by atoms with Crippen molar-refractivity contribution in [3.8, 4) is 11.5 Å². The third-order valence-corrected chi connectivity index (χ3v) is 5.51. The second-order valence-electron chi connectivity index (χ2n) is 7.17. The van der Waals surface area contributed by atoms with E-state index in [1.165, 1.54) is 5.56 Å². The summed E-state index contributed by atoms with van der Waals surface area (Å²) < 4.78 is 15.8. The van der Waals surface area contributed by atoms with E-state index in [4.69, 9.17) is 14.6 Å². The van der Waals surface area contributed by atoms with Gasteiger partial charge in [-0.15, -0.1) is 0 Å². The maximum atomic E-state index is 11.3. The molecule has 0 saturated carbocycles. The minimum absolute atomic E-state index is 0.190. The highest BCUT2D eigenvalue weighted by molar-refractivity contribution is 5.98. The Morgan fingerprint density at radius 1 is 1.43 bits per heavy atom. The number of nitrogens with one attached hydrogen (secondary N) is 1. The summed E-state index contributed by atoms with van der Waals surface area (Å²) >= 11 is 0. The molecular weight excluding hydrogens is 366 g/mol. The van der Waals surface area contributed by atoms with Crippen LogP contribution in [0.15, 0.2) is 29.4 Å². The molecule has 0 saturated heterocycles. The van der Waals surface area contributed by atoms with Crippen LogP contribution in [-0.4, -0.2) is 54.8 Å². The molecule has 9 nitrogen and oxygen atoms in total. The molecule has 0 radical (unpaired) electrons. The van der Waals surface area contributed by atoms with Crippen molar-refractivity contribution in [2.45, 2.75) is 30.9 Å². The lowest BCUT2D eigenvalue weighted by Gasteiger charge is -2.34. The predicted octanol–water partition coefficient (Wildman–Crippen LogP) is 2.25. The van der Waals surface area contributed by atoms with Crippen molar-refractivity contribution in [2.75, 3.05) is 20.7 Å². The van der Waals surface area contributed by atoms with Crippen molar-refractivity contribution in [1.82, 2.24) is 10.3 Å². The summed E-state index contributed by atoms with van der Waals surface area (Å²) in [5, 5.41) is 12.4. The van der Waals surface area contributed by atoms with E-state index in [0.717, 1.165) is 30.8 Å². The average Bonchev–Trinajstić information content (AvgIpc) is 2.91. The second-order valence-corrected chi connectivity index (χ2v) is 7.17. The van der Waals surface area contributed by atoms with Crippen LogP contribution in [0.3, 0.4) is 0 Å². The minimum Gasteiger partial charge on any atom is -0.493 e. The topological polar surface area (TPSA) is 110 Å². The average molecular weight is 387 g/mol. The number of hydrogen-bond donors (Lipinski definition) is 2. The Morgan fingerprint density at radius 2 is 2.25 bits per heavy atom. The molecule has 0 bridgehead atoms. The van der Waals surface area contributed by atoms with E-state index in [1.807, 2.05) is 12.1 Å². The van der Waals surface area contributed by atoms with Crippen LogP contribution in [0.25, 0.3) is 0 Å². The van der Waals surface area contributed by atoms with Crippen molar-refractivity contribution in [1.29, 1.82) is 0 Å². The van der Waals surface area contributed by atoms with Crippen LogP contribution in [-0.2, 0) is 16.7 Å². The van der Waals surface area contributed by atoms with Crippen molar-refractivity contribution in [2.24, 2.45) is 5.10 Å². The predicted molar refractivity (Wildman–Crippen MR) is 98.9 cm³/mol. The molecule has 2 heterocycles. The lowest BCUT2D eigenvalue weighted by atomic mass is 9.69. The molecule has 2 atom stereocenters. The van der Waals surface area contributed by atoms with Gasteiger partial charge in [0.15, 0.2) is 11.5 Å². The SMILES string of the molecule is COc1ccc2c3c1OC1CC(=NNC(=O)OC(=O)O)C=CC31CCN(C)C2. The second kappa shape index (κ2) is 6.83. The number of ether oxygens (including phenoxy) is 3. The molecule has 1 spiro atoms. The first-order valence-corrected chi connectivity index (χ1v) is 8.95. The maximum absolute atomic E-state index is 11.3. The summed E-state index contributed by atoms with van der Waals surface area (Å²) in [5.41, 5.74) is 4.75. The summed E-state index contributed by atoms with van der Waals surface area (Å²) in [7, 11) is 3.72. The van der Waals surface area contributed by atoms with Gasteiger partial charge in [-0.2, -0.15) is 5.10 Å². The summed E-state index contributed by atoms with van der Waals surface area (Å²) in [6.07, 6.45) is 2.26. The monoisotopic (exact) mass is 387 g/mol. The molecule has 9 heteroatoms. The number of benzene rings is 1. The van der Waals surface area contributed by atoms with Crippen LogP contribution in [0.2, 0.25) is 0 Å². The first-order chi connectivity index (χ1) is 13.4. The Labute approximate surface area is 161 Å². The van der Waals surface area contributed by atoms with Crippen molar-refractivity contribution < 1.29 is 28.9 Å². The van der Waals surface area contributed by atoms with Gasteiger partial charge in [0.1, 0.15) is 6.10 Å². The van der Waals surface area contributed by atoms with Crippen LogP contribution >= 0.6 is 0 Å². The fourth-order valence-electron chi connectivity index (χ4n) is 4.27. The molecule has 2 aliphatic heterocycles. The van der Waals surface area contributed by atoms with E-state index < -0.39 is 12.2 Å². The Morgan fingerprint density at radius 3 is 3.00 bits per heavy atom. The summed E-state index contributed by atoms with van der Waals surface area (Å²) in [5.74, 6) is 1.47. The van der Waals surface area contributed by atoms with Gasteiger partial charge in [0, 0.05) is 18.5 Å². The molecule has 1 aromatic rings. The van der Waals surface area contributed by atoms with Gasteiger partial charge in [0.2, 0.25) is 0 Å². The smallest absolute Gasteiger partial charge is 0.493 e. The van der Waals surface area contributed by atoms with Crippen molar-refractivity contribution >= 4 is 18.0 Å². The van der Waals surface area contributed by atoms with Gasteiger partial charge < -0.3 is 24.2 Å². The zero-order chi connectivity index (χ0) is 19.9. The molecule has 28 heavy (non-hydrogen) atoms. The van der Waals surface area contributed by atoms with Crippen LogP contribution in [0.1, 0.15) is 24.0 Å². The van der Waals surface area contributed by atoms with Crippen LogP contribution in [0, 0.1) is 0 Å². The number of rotatable bonds is 2. The number of allylic oxidation sites excluding steroid dienone is 1. The van der Waals surface area contributed by atoms with E-state index in [2.05, 4.69) is 39.4 Å². The zero-order valence-electron chi connectivity index (χ0n) is 15.6. The first-order valence-electron chi connectivity index (χ1n) is 8.95. The van der Waals surface area contributed by atoms with Crippen molar-refractivity contribution in [3.63, 3.8) is 0 Å². The summed E-state index contributed by atoms with van der Waals surface area (Å²) in [6.45, 7) is 1.75. The number of methoxy groups -OCH3 is 1. The highest BCUT2D eigenvalue weighted by atomic mass is 16.7. The number of amides is 1. The third-order valence-electron chi connectivity index (χ3n) is 5.51. The molecule has 3 aliphatic rings. The number of carbonyl (C=O) groups excluding carboxylic acids is 1. The normalized spacial score (nSPS) is 26.6. The van der Waals surface area contributed by atoms with E-state index >= 15 is 0 Å². The molecule has 1 amide bonds. The van der Waals surface area contributed by atoms with Gasteiger partial charge in [0.05, 0.1) is 18.2 Å². The molecule has 0 aromatic heterocycles. The van der Waals surface area contributed by atoms with E-state index in [1.54, 1.807) is 7.11 Å². The lowest BCUT2D eigenvalue weighted by molar-refractivity contribution is 0.109. The van der Waals surface area contributed by atoms with Crippen LogP contribution < -0.4 is 14.9 Å². The molecule has 2 unspecified atom stereocenters. The van der Waals surface area contributed by atoms with Gasteiger partial charge in [-0.3, -0.25) is 0 Å². The molecular formula is C19H21N3O6. The number of hydrazone groups is 1. The number of nitrogens with zero attached hydrogens (tertiary/aromatic N) is 2. The lowest BCUT2D eigenvalue weighted by Crippen LogP contribution is -2.42. The Kier molecular flexibility index (Phi) is 4.46. The first kappa shape index (κ1) is 18.3. The van der Waals surface area contributed by atoms with Gasteiger partial charge in [-0.25, -0.2) is 15.0 Å². The fraction of sp³-hybridized carbons (Fsp3) is 0.421. The molecule has 148 valence electrons. The van der Waals surface area contributed by atoms with E-state index in [-0.39, 0.29) is 11.5 Å². The van der Waals surface area contributed by atoms with Gasteiger partial charge in [0.25, 0.3) is 0 Å².